The Morgan fingerprint density at radius 2 is 1.90 bits per heavy atom. The number of benzene rings is 1. The summed E-state index contributed by atoms with van der Waals surface area (Å²) >= 11 is 4.93. The van der Waals surface area contributed by atoms with Crippen molar-refractivity contribution in [3.63, 3.8) is 0 Å². The van der Waals surface area contributed by atoms with Gasteiger partial charge in [0.1, 0.15) is 5.57 Å². The van der Waals surface area contributed by atoms with Gasteiger partial charge in [0.2, 0.25) is 5.91 Å². The molecule has 2 heterocycles. The van der Waals surface area contributed by atoms with E-state index < -0.39 is 16.7 Å². The molecule has 0 aliphatic carbocycles. The van der Waals surface area contributed by atoms with Crippen LogP contribution in [0.2, 0.25) is 0 Å². The Morgan fingerprint density at radius 1 is 1.24 bits per heavy atom. The molecule has 1 N–H and O–H groups in total. The number of non-ortho nitro benzene ring substituents is 1. The summed E-state index contributed by atoms with van der Waals surface area (Å²) in [5.41, 5.74) is 0.693. The van der Waals surface area contributed by atoms with Crippen molar-refractivity contribution in [3.8, 4) is 0 Å². The molecule has 1 aromatic carbocycles. The molecule has 1 aromatic rings. The van der Waals surface area contributed by atoms with Crippen LogP contribution in [0.3, 0.4) is 0 Å². The van der Waals surface area contributed by atoms with Gasteiger partial charge < -0.3 is 9.80 Å². The topological polar surface area (TPSA) is 116 Å². The maximum Gasteiger partial charge on any atom is 0.270 e. The second kappa shape index (κ2) is 7.95. The monoisotopic (exact) mass is 417 g/mol. The Bertz CT molecular complexity index is 952. The largest absolute Gasteiger partial charge is 0.367 e. The highest BCUT2D eigenvalue weighted by Crippen LogP contribution is 2.29. The molecule has 0 saturated carbocycles. The van der Waals surface area contributed by atoms with Gasteiger partial charge in [-0.3, -0.25) is 34.7 Å². The van der Waals surface area contributed by atoms with E-state index in [4.69, 9.17) is 12.2 Å². The van der Waals surface area contributed by atoms with E-state index in [-0.39, 0.29) is 22.3 Å². The predicted molar refractivity (Wildman–Crippen MR) is 109 cm³/mol. The van der Waals surface area contributed by atoms with Crippen molar-refractivity contribution in [2.24, 2.45) is 0 Å². The smallest absolute Gasteiger partial charge is 0.270 e. The first-order valence-electron chi connectivity index (χ1n) is 8.83. The third kappa shape index (κ3) is 4.09. The van der Waals surface area contributed by atoms with Crippen LogP contribution in [0.25, 0.3) is 6.08 Å². The van der Waals surface area contributed by atoms with Crippen molar-refractivity contribution in [3.05, 3.63) is 39.4 Å². The lowest BCUT2D eigenvalue weighted by Gasteiger charge is -2.36. The molecule has 10 nitrogen and oxygen atoms in total. The Hall–Kier alpha value is -3.34. The van der Waals surface area contributed by atoms with E-state index in [0.29, 0.717) is 37.4 Å². The van der Waals surface area contributed by atoms with Crippen LogP contribution in [0.1, 0.15) is 12.5 Å². The minimum Gasteiger partial charge on any atom is -0.367 e. The first kappa shape index (κ1) is 20.4. The summed E-state index contributed by atoms with van der Waals surface area (Å²) in [6.45, 7) is 3.58. The number of thiocarbonyl (C=S) groups is 1. The molecule has 11 heteroatoms. The van der Waals surface area contributed by atoms with Crippen LogP contribution >= 0.6 is 12.2 Å². The van der Waals surface area contributed by atoms with E-state index in [2.05, 4.69) is 5.32 Å². The first-order chi connectivity index (χ1) is 13.7. The third-order valence-electron chi connectivity index (χ3n) is 4.89. The summed E-state index contributed by atoms with van der Waals surface area (Å²) in [4.78, 5) is 51.8. The highest BCUT2D eigenvalue weighted by molar-refractivity contribution is 7.80. The number of nitrogens with zero attached hydrogens (tertiary/aromatic N) is 4. The number of hydrogen-bond donors (Lipinski definition) is 1. The van der Waals surface area contributed by atoms with Crippen LogP contribution in [-0.2, 0) is 14.4 Å². The number of nitro benzene ring substituents is 1. The van der Waals surface area contributed by atoms with Crippen molar-refractivity contribution >= 4 is 52.5 Å². The standard InChI is InChI=1S/C18H19N5O5S/c1-11(24)21-5-7-22(8-6-21)15-4-3-13(23(27)28)9-12(15)10-14-16(25)19-18(29)20(2)17(14)26/h3-4,9-10H,5-8H2,1-2H3,(H,19,25,29)/b14-10-. The number of hydrogen-bond acceptors (Lipinski definition) is 7. The maximum absolute atomic E-state index is 12.5. The van der Waals surface area contributed by atoms with E-state index >= 15 is 0 Å². The molecule has 0 atom stereocenters. The SMILES string of the molecule is CC(=O)N1CCN(c2ccc([N+](=O)[O-])cc2/C=C2/C(=O)NC(=S)N(C)C2=O)CC1. The molecule has 29 heavy (non-hydrogen) atoms. The quantitative estimate of drug-likeness (QED) is 0.251. The van der Waals surface area contributed by atoms with Crippen molar-refractivity contribution in [1.29, 1.82) is 0 Å². The van der Waals surface area contributed by atoms with Gasteiger partial charge in [-0.25, -0.2) is 0 Å². The molecular formula is C18H19N5O5S. The molecule has 2 aliphatic heterocycles. The van der Waals surface area contributed by atoms with Gasteiger partial charge in [-0.15, -0.1) is 0 Å². The number of rotatable bonds is 3. The Balaban J connectivity index is 2.00. The van der Waals surface area contributed by atoms with Crippen LogP contribution in [-0.4, -0.2) is 70.8 Å². The van der Waals surface area contributed by atoms with Crippen molar-refractivity contribution in [2.75, 3.05) is 38.1 Å². The molecule has 2 fully saturated rings. The molecule has 3 amide bonds. The maximum atomic E-state index is 12.5. The average Bonchev–Trinajstić information content (AvgIpc) is 2.69. The summed E-state index contributed by atoms with van der Waals surface area (Å²) in [7, 11) is 1.44. The van der Waals surface area contributed by atoms with Gasteiger partial charge in [0.15, 0.2) is 5.11 Å². The summed E-state index contributed by atoms with van der Waals surface area (Å²) < 4.78 is 0. The van der Waals surface area contributed by atoms with Crippen molar-refractivity contribution in [1.82, 2.24) is 15.1 Å². The fourth-order valence-corrected chi connectivity index (χ4v) is 3.40. The second-order valence-corrected chi connectivity index (χ2v) is 7.06. The molecular weight excluding hydrogens is 398 g/mol. The lowest BCUT2D eigenvalue weighted by Crippen LogP contribution is -2.52. The second-order valence-electron chi connectivity index (χ2n) is 6.67. The lowest BCUT2D eigenvalue weighted by molar-refractivity contribution is -0.384. The minimum atomic E-state index is -0.656. The van der Waals surface area contributed by atoms with Crippen LogP contribution in [0, 0.1) is 10.1 Å². The molecule has 0 unspecified atom stereocenters. The lowest BCUT2D eigenvalue weighted by atomic mass is 10.0. The number of nitrogens with one attached hydrogen (secondary N) is 1. The van der Waals surface area contributed by atoms with Gasteiger partial charge in [0.25, 0.3) is 17.5 Å². The van der Waals surface area contributed by atoms with Crippen LogP contribution < -0.4 is 10.2 Å². The number of likely N-dealkylation sites (N-methyl/N-ethyl adjacent to an activating group) is 1. The van der Waals surface area contributed by atoms with E-state index in [1.165, 1.54) is 32.2 Å². The van der Waals surface area contributed by atoms with Crippen molar-refractivity contribution < 1.29 is 19.3 Å². The van der Waals surface area contributed by atoms with E-state index in [1.54, 1.807) is 11.0 Å². The Kier molecular flexibility index (Phi) is 5.59. The van der Waals surface area contributed by atoms with Crippen LogP contribution in [0.15, 0.2) is 23.8 Å². The van der Waals surface area contributed by atoms with Gasteiger partial charge in [0.05, 0.1) is 4.92 Å². The number of carbonyl (C=O) groups excluding carboxylic acids is 3. The van der Waals surface area contributed by atoms with Crippen molar-refractivity contribution in [2.45, 2.75) is 6.92 Å². The van der Waals surface area contributed by atoms with E-state index in [1.807, 2.05) is 4.90 Å². The van der Waals surface area contributed by atoms with Crippen LogP contribution in [0.4, 0.5) is 11.4 Å². The van der Waals surface area contributed by atoms with Gasteiger partial charge in [-0.05, 0) is 24.4 Å². The summed E-state index contributed by atoms with van der Waals surface area (Å²) in [5, 5.41) is 13.6. The molecule has 0 spiro atoms. The predicted octanol–water partition coefficient (Wildman–Crippen LogP) is 0.520. The molecule has 0 bridgehead atoms. The summed E-state index contributed by atoms with van der Waals surface area (Å²) in [5.74, 6) is -1.26. The zero-order chi connectivity index (χ0) is 21.3. The highest BCUT2D eigenvalue weighted by Gasteiger charge is 2.31. The fourth-order valence-electron chi connectivity index (χ4n) is 3.22. The van der Waals surface area contributed by atoms with E-state index in [9.17, 15) is 24.5 Å². The molecule has 0 aromatic heterocycles. The van der Waals surface area contributed by atoms with Gasteiger partial charge in [0, 0.05) is 63.5 Å². The zero-order valence-electron chi connectivity index (χ0n) is 15.9. The number of carbonyl (C=O) groups is 3. The molecule has 0 radical (unpaired) electrons. The van der Waals surface area contributed by atoms with Gasteiger partial charge >= 0.3 is 0 Å². The Morgan fingerprint density at radius 3 is 2.48 bits per heavy atom. The third-order valence-corrected chi connectivity index (χ3v) is 5.27. The molecule has 3 rings (SSSR count). The molecule has 2 aliphatic rings. The summed E-state index contributed by atoms with van der Waals surface area (Å²) in [6.07, 6.45) is 1.34. The molecule has 2 saturated heterocycles. The minimum absolute atomic E-state index is 0.00299. The first-order valence-corrected chi connectivity index (χ1v) is 9.24. The average molecular weight is 417 g/mol. The highest BCUT2D eigenvalue weighted by atomic mass is 32.1. The zero-order valence-corrected chi connectivity index (χ0v) is 16.7. The van der Waals surface area contributed by atoms with Gasteiger partial charge in [-0.1, -0.05) is 0 Å². The summed E-state index contributed by atoms with van der Waals surface area (Å²) in [6, 6.07) is 4.29. The normalized spacial score (nSPS) is 18.9. The number of anilines is 1. The molecule has 152 valence electrons. The van der Waals surface area contributed by atoms with E-state index in [0.717, 1.165) is 4.90 Å². The number of amides is 3. The van der Waals surface area contributed by atoms with Gasteiger partial charge in [-0.2, -0.15) is 0 Å². The number of piperazine rings is 1. The van der Waals surface area contributed by atoms with Crippen LogP contribution in [0.5, 0.6) is 0 Å². The fraction of sp³-hybridized carbons (Fsp3) is 0.333. The Labute approximate surface area is 171 Å². The number of nitro groups is 1.